The van der Waals surface area contributed by atoms with E-state index in [0.717, 1.165) is 6.42 Å². The molecule has 5 heteroatoms. The summed E-state index contributed by atoms with van der Waals surface area (Å²) in [6.07, 6.45) is 1.85. The van der Waals surface area contributed by atoms with E-state index in [0.29, 0.717) is 35.1 Å². The summed E-state index contributed by atoms with van der Waals surface area (Å²) in [5.41, 5.74) is 2.39. The Labute approximate surface area is 227 Å². The number of rotatable bonds is 4. The standard InChI is InChI=1S/C32H27F4.Li.H/c1-19-12-13-32(18-19,24-14-20(2)16-28(35)30(24)22-8-4-6-10-26(22)33)25-15-21(3)17-29(36)31(25)23-9-5-7-11-27(23)34;;/h4-11,14-17H,12-13,18H2,1-3H3;;. The summed E-state index contributed by atoms with van der Waals surface area (Å²) in [4.78, 5) is 0. The van der Waals surface area contributed by atoms with Crippen molar-refractivity contribution < 1.29 is 17.6 Å². The first-order valence-electron chi connectivity index (χ1n) is 12.1. The topological polar surface area (TPSA) is 0 Å². The molecule has 4 aromatic rings. The third-order valence-electron chi connectivity index (χ3n) is 7.37. The van der Waals surface area contributed by atoms with Crippen LogP contribution in [-0.4, -0.2) is 18.9 Å². The molecule has 0 aliphatic heterocycles. The van der Waals surface area contributed by atoms with Crippen molar-refractivity contribution in [3.05, 3.63) is 124 Å². The van der Waals surface area contributed by atoms with Crippen molar-refractivity contribution >= 4 is 18.9 Å². The average Bonchev–Trinajstić information content (AvgIpc) is 3.22. The van der Waals surface area contributed by atoms with Crippen LogP contribution in [0.2, 0.25) is 0 Å². The van der Waals surface area contributed by atoms with Gasteiger partial charge in [0, 0.05) is 27.7 Å². The van der Waals surface area contributed by atoms with Gasteiger partial charge < -0.3 is 0 Å². The van der Waals surface area contributed by atoms with Crippen LogP contribution in [0.4, 0.5) is 17.6 Å². The first kappa shape index (κ1) is 27.2. The Bertz CT molecular complexity index is 1360. The van der Waals surface area contributed by atoms with E-state index < -0.39 is 28.7 Å². The zero-order valence-corrected chi connectivity index (χ0v) is 20.6. The summed E-state index contributed by atoms with van der Waals surface area (Å²) in [6, 6.07) is 18.8. The molecule has 5 rings (SSSR count). The Morgan fingerprint density at radius 2 is 1.03 bits per heavy atom. The monoisotopic (exact) mass is 495 g/mol. The summed E-state index contributed by atoms with van der Waals surface area (Å²) < 4.78 is 61.6. The van der Waals surface area contributed by atoms with Gasteiger partial charge in [0.15, 0.2) is 0 Å². The van der Waals surface area contributed by atoms with Gasteiger partial charge in [-0.25, -0.2) is 17.6 Å². The van der Waals surface area contributed by atoms with E-state index in [1.807, 2.05) is 19.1 Å². The van der Waals surface area contributed by atoms with E-state index in [4.69, 9.17) is 0 Å². The van der Waals surface area contributed by atoms with Crippen molar-refractivity contribution in [2.24, 2.45) is 0 Å². The number of halogens is 4. The summed E-state index contributed by atoms with van der Waals surface area (Å²) in [6.45, 7) is 5.63. The van der Waals surface area contributed by atoms with Crippen LogP contribution in [-0.2, 0) is 5.41 Å². The number of hydrogen-bond acceptors (Lipinski definition) is 0. The van der Waals surface area contributed by atoms with Crippen LogP contribution in [0.1, 0.15) is 48.4 Å². The zero-order chi connectivity index (χ0) is 25.6. The molecule has 0 saturated heterocycles. The van der Waals surface area contributed by atoms with Gasteiger partial charge >= 0.3 is 18.9 Å². The molecule has 1 saturated carbocycles. The zero-order valence-electron chi connectivity index (χ0n) is 20.6. The minimum absolute atomic E-state index is 0. The Morgan fingerprint density at radius 3 is 1.41 bits per heavy atom. The molecule has 0 atom stereocenters. The summed E-state index contributed by atoms with van der Waals surface area (Å²) in [5, 5.41) is 0. The summed E-state index contributed by atoms with van der Waals surface area (Å²) >= 11 is 0. The second kappa shape index (κ2) is 10.5. The molecule has 0 bridgehead atoms. The fourth-order valence-electron chi connectivity index (χ4n) is 5.84. The average molecular weight is 496 g/mol. The van der Waals surface area contributed by atoms with Gasteiger partial charge in [0.2, 0.25) is 0 Å². The molecule has 4 aromatic carbocycles. The number of hydrogen-bond donors (Lipinski definition) is 0. The van der Waals surface area contributed by atoms with Crippen molar-refractivity contribution in [2.75, 3.05) is 0 Å². The van der Waals surface area contributed by atoms with Gasteiger partial charge in [-0.05, 0) is 85.5 Å². The van der Waals surface area contributed by atoms with E-state index in [-0.39, 0.29) is 41.1 Å². The predicted molar refractivity (Wildman–Crippen MR) is 144 cm³/mol. The predicted octanol–water partition coefficient (Wildman–Crippen LogP) is 8.61. The minimum atomic E-state index is -0.862. The molecule has 1 aliphatic carbocycles. The second-order valence-electron chi connectivity index (χ2n) is 10.0. The van der Waals surface area contributed by atoms with Crippen molar-refractivity contribution in [3.63, 3.8) is 0 Å². The van der Waals surface area contributed by atoms with Crippen LogP contribution in [0.15, 0.2) is 72.8 Å². The number of benzene rings is 4. The fraction of sp³-hybridized carbons (Fsp3) is 0.219. The maximum absolute atomic E-state index is 15.8. The van der Waals surface area contributed by atoms with Crippen LogP contribution >= 0.6 is 0 Å². The molecule has 0 N–H and O–H groups in total. The summed E-state index contributed by atoms with van der Waals surface area (Å²) in [7, 11) is 0. The third-order valence-corrected chi connectivity index (χ3v) is 7.37. The van der Waals surface area contributed by atoms with Gasteiger partial charge in [-0.15, -0.1) is 0 Å². The third kappa shape index (κ3) is 4.78. The van der Waals surface area contributed by atoms with Crippen LogP contribution < -0.4 is 0 Å². The van der Waals surface area contributed by atoms with Crippen molar-refractivity contribution in [2.45, 2.75) is 45.4 Å². The van der Waals surface area contributed by atoms with Gasteiger partial charge in [-0.2, -0.15) is 0 Å². The van der Waals surface area contributed by atoms with Crippen LogP contribution in [0, 0.1) is 43.0 Å². The Morgan fingerprint density at radius 1 is 0.595 bits per heavy atom. The molecule has 0 aromatic heterocycles. The molecule has 1 aliphatic rings. The van der Waals surface area contributed by atoms with Gasteiger partial charge in [-0.3, -0.25) is 0 Å². The molecule has 0 amide bonds. The normalized spacial score (nSPS) is 15.0. The SMILES string of the molecule is C[C]1CCC(c2cc(C)cc(F)c2-c2ccccc2F)(c2cc(C)cc(F)c2-c2ccccc2F)C1.[LiH]. The van der Waals surface area contributed by atoms with E-state index >= 15 is 17.6 Å². The molecule has 0 nitrogen and oxygen atoms in total. The molecule has 0 heterocycles. The molecule has 37 heavy (non-hydrogen) atoms. The first-order chi connectivity index (χ1) is 17.2. The van der Waals surface area contributed by atoms with Gasteiger partial charge in [0.25, 0.3) is 0 Å². The van der Waals surface area contributed by atoms with Gasteiger partial charge in [-0.1, -0.05) is 55.5 Å². The van der Waals surface area contributed by atoms with Crippen molar-refractivity contribution in [3.8, 4) is 22.3 Å². The van der Waals surface area contributed by atoms with E-state index in [1.165, 1.54) is 30.2 Å². The Kier molecular flexibility index (Phi) is 7.74. The molecule has 0 unspecified atom stereocenters. The quantitative estimate of drug-likeness (QED) is 0.196. The Hall–Kier alpha value is -2.80. The summed E-state index contributed by atoms with van der Waals surface area (Å²) in [5.74, 6) is -0.933. The number of aryl methyl sites for hydroxylation is 2. The van der Waals surface area contributed by atoms with Crippen molar-refractivity contribution in [1.82, 2.24) is 0 Å². The molecular weight excluding hydrogens is 467 g/mol. The van der Waals surface area contributed by atoms with Crippen LogP contribution in [0.3, 0.4) is 0 Å². The van der Waals surface area contributed by atoms with Gasteiger partial charge in [0.1, 0.15) is 23.3 Å². The van der Waals surface area contributed by atoms with E-state index in [9.17, 15) is 0 Å². The molecule has 0 spiro atoms. The maximum atomic E-state index is 15.8. The van der Waals surface area contributed by atoms with Gasteiger partial charge in [0.05, 0.1) is 0 Å². The second-order valence-corrected chi connectivity index (χ2v) is 10.0. The fourth-order valence-corrected chi connectivity index (χ4v) is 5.84. The van der Waals surface area contributed by atoms with E-state index in [2.05, 4.69) is 0 Å². The van der Waals surface area contributed by atoms with E-state index in [1.54, 1.807) is 50.2 Å². The molecule has 1 radical (unpaired) electrons. The first-order valence-corrected chi connectivity index (χ1v) is 12.1. The Balaban J connectivity index is 0.00000320. The molecule has 185 valence electrons. The van der Waals surface area contributed by atoms with Crippen LogP contribution in [0.5, 0.6) is 0 Å². The molecule has 1 fully saturated rings. The van der Waals surface area contributed by atoms with Crippen LogP contribution in [0.25, 0.3) is 22.3 Å². The van der Waals surface area contributed by atoms with Crippen molar-refractivity contribution in [1.29, 1.82) is 0 Å². The molecular formula is C32H28F4Li.